The molecule has 32 heavy (non-hydrogen) atoms. The van der Waals surface area contributed by atoms with E-state index in [1.54, 1.807) is 17.5 Å². The molecule has 0 radical (unpaired) electrons. The van der Waals surface area contributed by atoms with Gasteiger partial charge < -0.3 is 9.64 Å². The summed E-state index contributed by atoms with van der Waals surface area (Å²) in [6.07, 6.45) is 9.89. The van der Waals surface area contributed by atoms with Crippen molar-refractivity contribution in [3.05, 3.63) is 48.0 Å². The van der Waals surface area contributed by atoms with Crippen LogP contribution in [-0.2, 0) is 4.79 Å². The van der Waals surface area contributed by atoms with Gasteiger partial charge in [-0.25, -0.2) is 4.98 Å². The maximum atomic E-state index is 12.9. The Balaban J connectivity index is 1.49. The van der Waals surface area contributed by atoms with Gasteiger partial charge in [0.15, 0.2) is 6.10 Å². The number of benzene rings is 1. The largest absolute Gasteiger partial charge is 0.479 e. The van der Waals surface area contributed by atoms with Crippen LogP contribution in [0.15, 0.2) is 48.0 Å². The number of rotatable bonds is 10. The van der Waals surface area contributed by atoms with Crippen LogP contribution in [-0.4, -0.2) is 28.5 Å². The number of amides is 1. The highest BCUT2D eigenvalue weighted by Crippen LogP contribution is 2.38. The Labute approximate surface area is 194 Å². The Morgan fingerprint density at radius 1 is 1.03 bits per heavy atom. The maximum absolute atomic E-state index is 12.9. The Bertz CT molecular complexity index is 1030. The molecule has 0 spiro atoms. The van der Waals surface area contributed by atoms with Gasteiger partial charge in [-0.2, -0.15) is 0 Å². The normalized spacial score (nSPS) is 15.5. The number of anilines is 1. The van der Waals surface area contributed by atoms with Crippen molar-refractivity contribution in [2.75, 3.05) is 11.4 Å². The summed E-state index contributed by atoms with van der Waals surface area (Å²) in [6, 6.07) is 11.9. The zero-order valence-corrected chi connectivity index (χ0v) is 19.7. The van der Waals surface area contributed by atoms with Crippen LogP contribution < -0.4 is 9.64 Å². The number of pyridine rings is 1. The van der Waals surface area contributed by atoms with Gasteiger partial charge in [0.2, 0.25) is 0 Å². The van der Waals surface area contributed by atoms with E-state index < -0.39 is 6.10 Å². The van der Waals surface area contributed by atoms with Crippen LogP contribution in [0.2, 0.25) is 0 Å². The number of fused-ring (bicyclic) bond motifs is 1. The summed E-state index contributed by atoms with van der Waals surface area (Å²) < 4.78 is 5.89. The molecule has 0 bridgehead atoms. The quantitative estimate of drug-likeness (QED) is 0.322. The van der Waals surface area contributed by atoms with E-state index in [1.165, 1.54) is 32.1 Å². The Kier molecular flexibility index (Phi) is 7.53. The molecule has 3 heterocycles. The first-order valence-corrected chi connectivity index (χ1v) is 12.5. The molecule has 0 aliphatic carbocycles. The standard InChI is InChI=1S/C26H31N3O2S/c1-3-4-5-6-7-8-11-16-29-23-17-20(13-14-24(23)31-19(2)26(29)30)22-18-32-25(28-22)21-12-9-10-15-27-21/h9-10,12-15,17-19H,3-8,11,16H2,1-2H3. The lowest BCUT2D eigenvalue weighted by molar-refractivity contribution is -0.125. The fourth-order valence-electron chi connectivity index (χ4n) is 4.04. The van der Waals surface area contributed by atoms with Crippen LogP contribution >= 0.6 is 11.3 Å². The van der Waals surface area contributed by atoms with Crippen molar-refractivity contribution in [3.63, 3.8) is 0 Å². The molecule has 3 aromatic rings. The van der Waals surface area contributed by atoms with Crippen molar-refractivity contribution >= 4 is 22.9 Å². The minimum atomic E-state index is -0.451. The van der Waals surface area contributed by atoms with Crippen LogP contribution in [0.25, 0.3) is 22.0 Å². The van der Waals surface area contributed by atoms with Gasteiger partial charge in [-0.3, -0.25) is 9.78 Å². The maximum Gasteiger partial charge on any atom is 0.267 e. The fourth-order valence-corrected chi connectivity index (χ4v) is 4.84. The van der Waals surface area contributed by atoms with E-state index in [4.69, 9.17) is 9.72 Å². The Morgan fingerprint density at radius 3 is 2.62 bits per heavy atom. The highest BCUT2D eigenvalue weighted by molar-refractivity contribution is 7.13. The molecule has 2 aromatic heterocycles. The summed E-state index contributed by atoms with van der Waals surface area (Å²) in [5.74, 6) is 0.803. The van der Waals surface area contributed by atoms with Crippen molar-refractivity contribution in [1.29, 1.82) is 0 Å². The van der Waals surface area contributed by atoms with Crippen LogP contribution in [0.4, 0.5) is 5.69 Å². The van der Waals surface area contributed by atoms with E-state index in [-0.39, 0.29) is 5.91 Å². The van der Waals surface area contributed by atoms with Gasteiger partial charge in [-0.1, -0.05) is 51.5 Å². The van der Waals surface area contributed by atoms with Crippen LogP contribution in [0.3, 0.4) is 0 Å². The van der Waals surface area contributed by atoms with E-state index in [1.807, 2.05) is 53.6 Å². The van der Waals surface area contributed by atoms with Gasteiger partial charge in [0, 0.05) is 23.7 Å². The third kappa shape index (κ3) is 5.18. The van der Waals surface area contributed by atoms with Gasteiger partial charge in [0.25, 0.3) is 5.91 Å². The predicted octanol–water partition coefficient (Wildman–Crippen LogP) is 6.74. The van der Waals surface area contributed by atoms with Gasteiger partial charge in [0.1, 0.15) is 10.8 Å². The summed E-state index contributed by atoms with van der Waals surface area (Å²) in [7, 11) is 0. The fraction of sp³-hybridized carbons (Fsp3) is 0.423. The molecule has 1 unspecified atom stereocenters. The number of unbranched alkanes of at least 4 members (excludes halogenated alkanes) is 6. The van der Waals surface area contributed by atoms with E-state index >= 15 is 0 Å². The second-order valence-electron chi connectivity index (χ2n) is 8.31. The van der Waals surface area contributed by atoms with Gasteiger partial charge in [0.05, 0.1) is 17.1 Å². The molecule has 0 fully saturated rings. The zero-order chi connectivity index (χ0) is 22.3. The average Bonchev–Trinajstić information content (AvgIpc) is 3.31. The number of ether oxygens (including phenoxy) is 1. The molecule has 4 rings (SSSR count). The molecule has 0 saturated carbocycles. The van der Waals surface area contributed by atoms with Crippen LogP contribution in [0, 0.1) is 0 Å². The second-order valence-corrected chi connectivity index (χ2v) is 9.16. The first kappa shape index (κ1) is 22.5. The SMILES string of the molecule is CCCCCCCCCN1C(=O)C(C)Oc2ccc(-c3csc(-c4ccccn4)n3)cc21. The highest BCUT2D eigenvalue weighted by atomic mass is 32.1. The zero-order valence-electron chi connectivity index (χ0n) is 18.9. The van der Waals surface area contributed by atoms with Crippen molar-refractivity contribution in [1.82, 2.24) is 9.97 Å². The van der Waals surface area contributed by atoms with E-state index in [9.17, 15) is 4.79 Å². The molecule has 0 N–H and O–H groups in total. The molecule has 168 valence electrons. The van der Waals surface area contributed by atoms with E-state index in [0.29, 0.717) is 0 Å². The number of nitrogens with zero attached hydrogens (tertiary/aromatic N) is 3. The lowest BCUT2D eigenvalue weighted by Crippen LogP contribution is -2.44. The molecular weight excluding hydrogens is 418 g/mol. The van der Waals surface area contributed by atoms with Gasteiger partial charge >= 0.3 is 0 Å². The molecule has 1 amide bonds. The number of thiazole rings is 1. The van der Waals surface area contributed by atoms with Gasteiger partial charge in [-0.05, 0) is 43.7 Å². The smallest absolute Gasteiger partial charge is 0.267 e. The molecule has 1 aliphatic heterocycles. The number of carbonyl (C=O) groups excluding carboxylic acids is 1. The van der Waals surface area contributed by atoms with Crippen molar-refractivity contribution in [2.45, 2.75) is 64.9 Å². The van der Waals surface area contributed by atoms with Crippen molar-refractivity contribution < 1.29 is 9.53 Å². The summed E-state index contributed by atoms with van der Waals surface area (Å²) in [5.41, 5.74) is 3.59. The number of hydrogen-bond donors (Lipinski definition) is 0. The van der Waals surface area contributed by atoms with E-state index in [0.717, 1.165) is 52.8 Å². The first-order valence-electron chi connectivity index (χ1n) is 11.7. The van der Waals surface area contributed by atoms with Crippen LogP contribution in [0.5, 0.6) is 5.75 Å². The number of aromatic nitrogens is 2. The summed E-state index contributed by atoms with van der Waals surface area (Å²) in [5, 5.41) is 2.93. The predicted molar refractivity (Wildman–Crippen MR) is 131 cm³/mol. The lowest BCUT2D eigenvalue weighted by atomic mass is 10.1. The number of carbonyl (C=O) groups is 1. The topological polar surface area (TPSA) is 55.3 Å². The molecule has 5 nitrogen and oxygen atoms in total. The average molecular weight is 450 g/mol. The van der Waals surface area contributed by atoms with Gasteiger partial charge in [-0.15, -0.1) is 11.3 Å². The molecule has 1 aromatic carbocycles. The molecular formula is C26H31N3O2S. The minimum Gasteiger partial charge on any atom is -0.479 e. The van der Waals surface area contributed by atoms with Crippen molar-refractivity contribution in [2.24, 2.45) is 0 Å². The van der Waals surface area contributed by atoms with E-state index in [2.05, 4.69) is 11.9 Å². The monoisotopic (exact) mass is 449 g/mol. The summed E-state index contributed by atoms with van der Waals surface area (Å²) >= 11 is 1.58. The third-order valence-corrected chi connectivity index (χ3v) is 6.70. The summed E-state index contributed by atoms with van der Waals surface area (Å²) in [6.45, 7) is 4.80. The molecule has 1 aliphatic rings. The minimum absolute atomic E-state index is 0.0353. The Morgan fingerprint density at radius 2 is 1.84 bits per heavy atom. The van der Waals surface area contributed by atoms with Crippen LogP contribution in [0.1, 0.15) is 58.8 Å². The first-order chi connectivity index (χ1) is 15.7. The second kappa shape index (κ2) is 10.7. The highest BCUT2D eigenvalue weighted by Gasteiger charge is 2.31. The number of hydrogen-bond acceptors (Lipinski definition) is 5. The molecule has 6 heteroatoms. The third-order valence-electron chi connectivity index (χ3n) is 5.84. The lowest BCUT2D eigenvalue weighted by Gasteiger charge is -2.33. The molecule has 0 saturated heterocycles. The summed E-state index contributed by atoms with van der Waals surface area (Å²) in [4.78, 5) is 24.0. The van der Waals surface area contributed by atoms with Crippen molar-refractivity contribution in [3.8, 4) is 27.7 Å². The molecule has 1 atom stereocenters. The Hall–Kier alpha value is -2.73.